The van der Waals surface area contributed by atoms with Crippen molar-refractivity contribution in [2.24, 2.45) is 0 Å². The van der Waals surface area contributed by atoms with Crippen LogP contribution >= 0.6 is 0 Å². The first kappa shape index (κ1) is 22.2. The average Bonchev–Trinajstić information content (AvgIpc) is 2.73. The number of benzene rings is 2. The summed E-state index contributed by atoms with van der Waals surface area (Å²) >= 11 is 0. The Bertz CT molecular complexity index is 822. The second kappa shape index (κ2) is 9.93. The van der Waals surface area contributed by atoms with Crippen LogP contribution in [-0.4, -0.2) is 44.8 Å². The van der Waals surface area contributed by atoms with Crippen LogP contribution in [0.3, 0.4) is 0 Å². The first-order valence-electron chi connectivity index (χ1n) is 9.05. The molecule has 2 aromatic carbocycles. The van der Waals surface area contributed by atoms with Crippen molar-refractivity contribution in [3.8, 4) is 34.5 Å². The highest BCUT2D eigenvalue weighted by atomic mass is 16.5. The van der Waals surface area contributed by atoms with E-state index >= 15 is 0 Å². The molecule has 0 radical (unpaired) electrons. The van der Waals surface area contributed by atoms with Gasteiger partial charge in [0.2, 0.25) is 11.5 Å². The molecule has 0 aliphatic rings. The van der Waals surface area contributed by atoms with Gasteiger partial charge in [0.05, 0.1) is 28.4 Å². The van der Waals surface area contributed by atoms with Crippen molar-refractivity contribution in [1.82, 2.24) is 0 Å². The van der Waals surface area contributed by atoms with E-state index in [0.29, 0.717) is 35.0 Å². The highest BCUT2D eigenvalue weighted by molar-refractivity contribution is 5.55. The van der Waals surface area contributed by atoms with Crippen molar-refractivity contribution in [1.29, 1.82) is 0 Å². The smallest absolute Gasteiger partial charge is 0.203 e. The van der Waals surface area contributed by atoms with Crippen molar-refractivity contribution in [2.75, 3.05) is 28.4 Å². The van der Waals surface area contributed by atoms with Crippen LogP contribution in [-0.2, 0) is 6.42 Å². The van der Waals surface area contributed by atoms with Gasteiger partial charge < -0.3 is 33.9 Å². The predicted molar refractivity (Wildman–Crippen MR) is 110 cm³/mol. The van der Waals surface area contributed by atoms with Gasteiger partial charge in [-0.3, -0.25) is 0 Å². The molecule has 0 saturated heterocycles. The van der Waals surface area contributed by atoms with Gasteiger partial charge in [0.25, 0.3) is 0 Å². The normalized spacial score (nSPS) is 12.6. The Hall–Kier alpha value is -3.06. The summed E-state index contributed by atoms with van der Waals surface area (Å²) in [6.07, 6.45) is 0.671. The highest BCUT2D eigenvalue weighted by Gasteiger charge is 2.25. The second-order valence-electron chi connectivity index (χ2n) is 6.37. The number of hydrogen-bond acceptors (Lipinski definition) is 7. The summed E-state index contributed by atoms with van der Waals surface area (Å²) in [5.74, 6) is 1.69. The van der Waals surface area contributed by atoms with Crippen molar-refractivity contribution in [3.63, 3.8) is 0 Å². The van der Waals surface area contributed by atoms with Crippen LogP contribution in [0.15, 0.2) is 36.9 Å². The molecule has 7 heteroatoms. The molecule has 0 aliphatic heterocycles. The maximum absolute atomic E-state index is 10.8. The molecule has 2 aromatic rings. The minimum Gasteiger partial charge on any atom is -0.504 e. The van der Waals surface area contributed by atoms with E-state index in [-0.39, 0.29) is 11.5 Å². The maximum atomic E-state index is 10.8. The van der Waals surface area contributed by atoms with Crippen LogP contribution in [0.25, 0.3) is 0 Å². The Morgan fingerprint density at radius 1 is 0.897 bits per heavy atom. The third-order valence-electron chi connectivity index (χ3n) is 4.47. The third-order valence-corrected chi connectivity index (χ3v) is 4.47. The molecule has 0 fully saturated rings. The van der Waals surface area contributed by atoms with Crippen LogP contribution < -0.4 is 23.7 Å². The van der Waals surface area contributed by atoms with E-state index in [1.165, 1.54) is 34.5 Å². The van der Waals surface area contributed by atoms with Gasteiger partial charge in [0.1, 0.15) is 12.2 Å². The molecule has 0 saturated carbocycles. The second-order valence-corrected chi connectivity index (χ2v) is 6.37. The standard InChI is InChI=1S/C22H28O7/c1-7-8-14-9-17(25-3)22(18(10-14)26-4)29-13(2)20(24)15-11-16(23)21(28-6)19(12-15)27-5/h7,9-13,20,23-24H,1,8H2,2-6H3/t13-,20+/m1/s1. The number of phenols is 1. The lowest BCUT2D eigenvalue weighted by molar-refractivity contribution is 0.0431. The van der Waals surface area contributed by atoms with Crippen molar-refractivity contribution >= 4 is 0 Å². The molecule has 158 valence electrons. The molecule has 0 bridgehead atoms. The fourth-order valence-corrected chi connectivity index (χ4v) is 2.99. The SMILES string of the molecule is C=CCc1cc(OC)c(O[C@H](C)[C@H](O)c2cc(O)c(OC)c(OC)c2)c(OC)c1. The Labute approximate surface area is 171 Å². The molecule has 0 heterocycles. The van der Waals surface area contributed by atoms with Gasteiger partial charge in [-0.1, -0.05) is 6.08 Å². The zero-order chi connectivity index (χ0) is 21.6. The Kier molecular flexibility index (Phi) is 7.61. The number of phenolic OH excluding ortho intramolecular Hbond substituents is 1. The number of aliphatic hydroxyl groups excluding tert-OH is 1. The zero-order valence-electron chi connectivity index (χ0n) is 17.4. The van der Waals surface area contributed by atoms with Gasteiger partial charge in [-0.2, -0.15) is 0 Å². The summed E-state index contributed by atoms with van der Waals surface area (Å²) in [6.45, 7) is 5.45. The lowest BCUT2D eigenvalue weighted by atomic mass is 10.0. The first-order valence-corrected chi connectivity index (χ1v) is 9.05. The lowest BCUT2D eigenvalue weighted by Gasteiger charge is -2.24. The summed E-state index contributed by atoms with van der Waals surface area (Å²) in [6, 6.07) is 6.67. The molecule has 0 amide bonds. The van der Waals surface area contributed by atoms with Crippen molar-refractivity contribution in [3.05, 3.63) is 48.0 Å². The zero-order valence-corrected chi connectivity index (χ0v) is 17.4. The quantitative estimate of drug-likeness (QED) is 0.585. The van der Waals surface area contributed by atoms with Crippen LogP contribution in [0.4, 0.5) is 0 Å². The van der Waals surface area contributed by atoms with E-state index in [2.05, 4.69) is 6.58 Å². The van der Waals surface area contributed by atoms with Gasteiger partial charge in [0.15, 0.2) is 23.0 Å². The van der Waals surface area contributed by atoms with Gasteiger partial charge in [-0.05, 0) is 48.7 Å². The molecule has 0 aromatic heterocycles. The minimum absolute atomic E-state index is 0.142. The minimum atomic E-state index is -1.07. The topological polar surface area (TPSA) is 86.6 Å². The molecule has 0 unspecified atom stereocenters. The summed E-state index contributed by atoms with van der Waals surface area (Å²) < 4.78 is 27.2. The summed E-state index contributed by atoms with van der Waals surface area (Å²) in [4.78, 5) is 0. The van der Waals surface area contributed by atoms with E-state index in [9.17, 15) is 10.2 Å². The first-order chi connectivity index (χ1) is 13.9. The van der Waals surface area contributed by atoms with Crippen LogP contribution in [0.1, 0.15) is 24.2 Å². The maximum Gasteiger partial charge on any atom is 0.203 e. The van der Waals surface area contributed by atoms with E-state index in [1.54, 1.807) is 19.1 Å². The molecule has 29 heavy (non-hydrogen) atoms. The fraction of sp³-hybridized carbons (Fsp3) is 0.364. The Balaban J connectivity index is 2.35. The number of allylic oxidation sites excluding steroid dienone is 1. The number of aliphatic hydroxyl groups is 1. The molecule has 0 spiro atoms. The summed E-state index contributed by atoms with van der Waals surface area (Å²) in [5.41, 5.74) is 1.37. The molecular weight excluding hydrogens is 376 g/mol. The average molecular weight is 404 g/mol. The number of ether oxygens (including phenoxy) is 5. The molecular formula is C22H28O7. The third kappa shape index (κ3) is 4.86. The molecule has 0 aliphatic carbocycles. The molecule has 7 nitrogen and oxygen atoms in total. The van der Waals surface area contributed by atoms with Crippen molar-refractivity contribution < 1.29 is 33.9 Å². The fourth-order valence-electron chi connectivity index (χ4n) is 2.99. The highest BCUT2D eigenvalue weighted by Crippen LogP contribution is 2.42. The van der Waals surface area contributed by atoms with Gasteiger partial charge in [-0.25, -0.2) is 0 Å². The van der Waals surface area contributed by atoms with E-state index in [0.717, 1.165) is 5.56 Å². The predicted octanol–water partition coefficient (Wildman–Crippen LogP) is 3.66. The van der Waals surface area contributed by atoms with Gasteiger partial charge in [0, 0.05) is 0 Å². The molecule has 2 atom stereocenters. The largest absolute Gasteiger partial charge is 0.504 e. The Morgan fingerprint density at radius 3 is 1.93 bits per heavy atom. The summed E-state index contributed by atoms with van der Waals surface area (Å²) in [5, 5.41) is 21.0. The number of aromatic hydroxyl groups is 1. The number of hydrogen-bond donors (Lipinski definition) is 2. The monoisotopic (exact) mass is 404 g/mol. The van der Waals surface area contributed by atoms with E-state index in [4.69, 9.17) is 23.7 Å². The lowest BCUT2D eigenvalue weighted by Crippen LogP contribution is -2.22. The van der Waals surface area contributed by atoms with Gasteiger partial charge in [-0.15, -0.1) is 6.58 Å². The van der Waals surface area contributed by atoms with Crippen LogP contribution in [0.5, 0.6) is 34.5 Å². The van der Waals surface area contributed by atoms with E-state index < -0.39 is 12.2 Å². The molecule has 2 rings (SSSR count). The number of rotatable bonds is 10. The molecule has 2 N–H and O–H groups in total. The summed E-state index contributed by atoms with van der Waals surface area (Å²) in [7, 11) is 5.95. The number of methoxy groups -OCH3 is 4. The van der Waals surface area contributed by atoms with Crippen LogP contribution in [0.2, 0.25) is 0 Å². The van der Waals surface area contributed by atoms with E-state index in [1.807, 2.05) is 12.1 Å². The van der Waals surface area contributed by atoms with Crippen molar-refractivity contribution in [2.45, 2.75) is 25.6 Å². The van der Waals surface area contributed by atoms with Crippen LogP contribution in [0, 0.1) is 0 Å². The van der Waals surface area contributed by atoms with Gasteiger partial charge >= 0.3 is 0 Å². The Morgan fingerprint density at radius 2 is 1.45 bits per heavy atom.